The van der Waals surface area contributed by atoms with Gasteiger partial charge in [-0.2, -0.15) is 0 Å². The van der Waals surface area contributed by atoms with Crippen molar-refractivity contribution < 1.29 is 19.1 Å². The van der Waals surface area contributed by atoms with Gasteiger partial charge in [0.2, 0.25) is 0 Å². The molecule has 0 unspecified atom stereocenters. The van der Waals surface area contributed by atoms with Crippen LogP contribution in [0.4, 0.5) is 5.69 Å². The Hall–Kier alpha value is -2.53. The molecule has 27 heavy (non-hydrogen) atoms. The molecule has 5 nitrogen and oxygen atoms in total. The van der Waals surface area contributed by atoms with Crippen molar-refractivity contribution in [3.63, 3.8) is 0 Å². The molecule has 0 fully saturated rings. The molecular weight excluding hydrogens is 366 g/mol. The largest absolute Gasteiger partial charge is 0.479 e. The van der Waals surface area contributed by atoms with E-state index in [0.29, 0.717) is 10.8 Å². The quantitative estimate of drug-likeness (QED) is 0.696. The van der Waals surface area contributed by atoms with Crippen molar-refractivity contribution in [2.24, 2.45) is 0 Å². The van der Waals surface area contributed by atoms with Crippen LogP contribution >= 0.6 is 11.6 Å². The SMILES string of the molecule is Cc1cccc(C(C)C)c1NC(=O)COC(=O)[C@H](C)Oc1ccc(Cl)cc1. The fraction of sp³-hybridized carbons (Fsp3) is 0.333. The predicted molar refractivity (Wildman–Crippen MR) is 106 cm³/mol. The highest BCUT2D eigenvalue weighted by atomic mass is 35.5. The lowest BCUT2D eigenvalue weighted by molar-refractivity contribution is -0.153. The van der Waals surface area contributed by atoms with Crippen molar-refractivity contribution in [2.75, 3.05) is 11.9 Å². The molecule has 0 bridgehead atoms. The maximum atomic E-state index is 12.2. The zero-order valence-electron chi connectivity index (χ0n) is 15.9. The van der Waals surface area contributed by atoms with E-state index in [2.05, 4.69) is 19.2 Å². The molecule has 1 atom stereocenters. The van der Waals surface area contributed by atoms with Gasteiger partial charge < -0.3 is 14.8 Å². The normalized spacial score (nSPS) is 11.8. The number of hydrogen-bond acceptors (Lipinski definition) is 4. The lowest BCUT2D eigenvalue weighted by atomic mass is 9.98. The summed E-state index contributed by atoms with van der Waals surface area (Å²) in [6.07, 6.45) is -0.844. The summed E-state index contributed by atoms with van der Waals surface area (Å²) in [6.45, 7) is 7.22. The number of esters is 1. The van der Waals surface area contributed by atoms with Gasteiger partial charge in [0.05, 0.1) is 0 Å². The van der Waals surface area contributed by atoms with E-state index in [1.165, 1.54) is 0 Å². The third kappa shape index (κ3) is 6.00. The van der Waals surface area contributed by atoms with Crippen LogP contribution in [0.15, 0.2) is 42.5 Å². The van der Waals surface area contributed by atoms with Crippen LogP contribution in [-0.4, -0.2) is 24.6 Å². The van der Waals surface area contributed by atoms with E-state index in [1.54, 1.807) is 31.2 Å². The van der Waals surface area contributed by atoms with Gasteiger partial charge >= 0.3 is 5.97 Å². The summed E-state index contributed by atoms with van der Waals surface area (Å²) < 4.78 is 10.6. The summed E-state index contributed by atoms with van der Waals surface area (Å²) in [4.78, 5) is 24.3. The summed E-state index contributed by atoms with van der Waals surface area (Å²) in [7, 11) is 0. The Labute approximate surface area is 164 Å². The molecule has 0 aromatic heterocycles. The number of rotatable bonds is 7. The molecule has 1 amide bonds. The summed E-state index contributed by atoms with van der Waals surface area (Å²) in [6, 6.07) is 12.5. The topological polar surface area (TPSA) is 64.6 Å². The molecule has 0 spiro atoms. The van der Waals surface area contributed by atoms with Crippen molar-refractivity contribution in [1.29, 1.82) is 0 Å². The Morgan fingerprint density at radius 2 is 1.74 bits per heavy atom. The first kappa shape index (κ1) is 20.8. The molecule has 2 aromatic carbocycles. The minimum absolute atomic E-state index is 0.260. The van der Waals surface area contributed by atoms with Gasteiger partial charge in [-0.15, -0.1) is 0 Å². The summed E-state index contributed by atoms with van der Waals surface area (Å²) in [5.74, 6) is -0.252. The Morgan fingerprint density at radius 3 is 2.37 bits per heavy atom. The second kappa shape index (κ2) is 9.42. The molecule has 6 heteroatoms. The molecule has 144 valence electrons. The van der Waals surface area contributed by atoms with Crippen LogP contribution in [0.3, 0.4) is 0 Å². The van der Waals surface area contributed by atoms with E-state index in [-0.39, 0.29) is 12.5 Å². The van der Waals surface area contributed by atoms with Crippen molar-refractivity contribution in [3.8, 4) is 5.75 Å². The first-order valence-electron chi connectivity index (χ1n) is 8.76. The van der Waals surface area contributed by atoms with Gasteiger partial charge in [0.1, 0.15) is 5.75 Å². The Bertz CT molecular complexity index is 802. The van der Waals surface area contributed by atoms with Gasteiger partial charge in [0, 0.05) is 10.7 Å². The van der Waals surface area contributed by atoms with Gasteiger partial charge in [0.15, 0.2) is 12.7 Å². The number of amides is 1. The number of anilines is 1. The summed E-state index contributed by atoms with van der Waals surface area (Å²) in [5, 5.41) is 3.41. The number of ether oxygens (including phenoxy) is 2. The van der Waals surface area contributed by atoms with Crippen LogP contribution in [0.5, 0.6) is 5.75 Å². The van der Waals surface area contributed by atoms with Gasteiger partial charge in [-0.05, 0) is 55.2 Å². The molecule has 0 aliphatic rings. The van der Waals surface area contributed by atoms with E-state index in [0.717, 1.165) is 16.8 Å². The van der Waals surface area contributed by atoms with Crippen molar-refractivity contribution >= 4 is 29.2 Å². The van der Waals surface area contributed by atoms with E-state index < -0.39 is 18.0 Å². The van der Waals surface area contributed by atoms with E-state index in [4.69, 9.17) is 21.1 Å². The number of hydrogen-bond donors (Lipinski definition) is 1. The Morgan fingerprint density at radius 1 is 1.07 bits per heavy atom. The average Bonchev–Trinajstić information content (AvgIpc) is 2.63. The van der Waals surface area contributed by atoms with Gasteiger partial charge in [-0.25, -0.2) is 4.79 Å². The van der Waals surface area contributed by atoms with Crippen LogP contribution in [-0.2, 0) is 14.3 Å². The second-order valence-electron chi connectivity index (χ2n) is 6.56. The third-order valence-electron chi connectivity index (χ3n) is 4.00. The van der Waals surface area contributed by atoms with Crippen LogP contribution < -0.4 is 10.1 Å². The van der Waals surface area contributed by atoms with E-state index in [9.17, 15) is 9.59 Å². The highest BCUT2D eigenvalue weighted by molar-refractivity contribution is 6.30. The number of carbonyl (C=O) groups is 2. The molecule has 1 N–H and O–H groups in total. The molecule has 0 radical (unpaired) electrons. The molecule has 2 rings (SSSR count). The van der Waals surface area contributed by atoms with Crippen LogP contribution in [0.1, 0.15) is 37.8 Å². The van der Waals surface area contributed by atoms with Crippen molar-refractivity contribution in [3.05, 3.63) is 58.6 Å². The molecule has 0 heterocycles. The minimum atomic E-state index is -0.844. The first-order valence-corrected chi connectivity index (χ1v) is 9.14. The maximum absolute atomic E-state index is 12.2. The van der Waals surface area contributed by atoms with Gasteiger partial charge in [-0.1, -0.05) is 43.6 Å². The standard InChI is InChI=1S/C21H24ClNO4/c1-13(2)18-7-5-6-14(3)20(18)23-19(24)12-26-21(25)15(4)27-17-10-8-16(22)9-11-17/h5-11,13,15H,12H2,1-4H3,(H,23,24)/t15-/m0/s1. The third-order valence-corrected chi connectivity index (χ3v) is 4.25. The fourth-order valence-electron chi connectivity index (χ4n) is 2.54. The maximum Gasteiger partial charge on any atom is 0.347 e. The highest BCUT2D eigenvalue weighted by Gasteiger charge is 2.19. The lowest BCUT2D eigenvalue weighted by Crippen LogP contribution is -2.30. The molecule has 0 saturated heterocycles. The van der Waals surface area contributed by atoms with E-state index in [1.807, 2.05) is 25.1 Å². The Kier molecular flexibility index (Phi) is 7.25. The molecule has 0 aliphatic heterocycles. The fourth-order valence-corrected chi connectivity index (χ4v) is 2.66. The molecule has 0 aliphatic carbocycles. The molecule has 2 aromatic rings. The monoisotopic (exact) mass is 389 g/mol. The summed E-state index contributed by atoms with van der Waals surface area (Å²) in [5.41, 5.74) is 2.76. The van der Waals surface area contributed by atoms with E-state index >= 15 is 0 Å². The number of carbonyl (C=O) groups excluding carboxylic acids is 2. The van der Waals surface area contributed by atoms with Crippen molar-refractivity contribution in [1.82, 2.24) is 0 Å². The number of halogens is 1. The molecule has 0 saturated carbocycles. The molecular formula is C21H24ClNO4. The average molecular weight is 390 g/mol. The second-order valence-corrected chi connectivity index (χ2v) is 7.00. The zero-order valence-corrected chi connectivity index (χ0v) is 16.7. The highest BCUT2D eigenvalue weighted by Crippen LogP contribution is 2.27. The predicted octanol–water partition coefficient (Wildman–Crippen LogP) is 4.72. The zero-order chi connectivity index (χ0) is 20.0. The van der Waals surface area contributed by atoms with Gasteiger partial charge in [0.25, 0.3) is 5.91 Å². The smallest absolute Gasteiger partial charge is 0.347 e. The Balaban J connectivity index is 1.90. The summed E-state index contributed by atoms with van der Waals surface area (Å²) >= 11 is 5.81. The minimum Gasteiger partial charge on any atom is -0.479 e. The van der Waals surface area contributed by atoms with Crippen molar-refractivity contribution in [2.45, 2.75) is 39.7 Å². The number of nitrogens with one attached hydrogen (secondary N) is 1. The van der Waals surface area contributed by atoms with Crippen LogP contribution in [0.2, 0.25) is 5.02 Å². The number of para-hydroxylation sites is 1. The van der Waals surface area contributed by atoms with Crippen LogP contribution in [0, 0.1) is 6.92 Å². The van der Waals surface area contributed by atoms with Crippen LogP contribution in [0.25, 0.3) is 0 Å². The number of benzene rings is 2. The number of aryl methyl sites for hydroxylation is 1. The first-order chi connectivity index (χ1) is 12.8. The lowest BCUT2D eigenvalue weighted by Gasteiger charge is -2.17. The van der Waals surface area contributed by atoms with Gasteiger partial charge in [-0.3, -0.25) is 4.79 Å².